The third-order valence-corrected chi connectivity index (χ3v) is 8.37. The first kappa shape index (κ1) is 30.2. The zero-order valence-electron chi connectivity index (χ0n) is 21.2. The van der Waals surface area contributed by atoms with Gasteiger partial charge in [0.2, 0.25) is 0 Å². The molecule has 0 saturated heterocycles. The van der Waals surface area contributed by atoms with Crippen LogP contribution in [0.15, 0.2) is 0 Å². The molecule has 180 valence electrons. The van der Waals surface area contributed by atoms with E-state index >= 15 is 0 Å². The van der Waals surface area contributed by atoms with E-state index in [9.17, 15) is 4.79 Å². The van der Waals surface area contributed by atoms with Crippen molar-refractivity contribution >= 4 is 25.3 Å². The van der Waals surface area contributed by atoms with Gasteiger partial charge in [0, 0.05) is 36.3 Å². The highest BCUT2D eigenvalue weighted by atomic mass is 32.2. The molecule has 0 atom stereocenters. The summed E-state index contributed by atoms with van der Waals surface area (Å²) in [5, 5.41) is 0.259. The first-order valence-electron chi connectivity index (χ1n) is 11.4. The second-order valence-electron chi connectivity index (χ2n) is 8.96. The minimum atomic E-state index is -0.869. The lowest BCUT2D eigenvalue weighted by Gasteiger charge is -2.45. The Hall–Kier alpha value is 0.250. The molecule has 0 radical (unpaired) electrons. The van der Waals surface area contributed by atoms with Gasteiger partial charge in [0.1, 0.15) is 0 Å². The van der Waals surface area contributed by atoms with Gasteiger partial charge in [0.15, 0.2) is 13.6 Å². The molecule has 0 unspecified atom stereocenters. The summed E-state index contributed by atoms with van der Waals surface area (Å²) in [6.07, 6.45) is 1.55. The van der Waals surface area contributed by atoms with Crippen LogP contribution in [-0.2, 0) is 14.1 Å². The van der Waals surface area contributed by atoms with Crippen molar-refractivity contribution in [3.05, 3.63) is 0 Å². The molecule has 0 rings (SSSR count). The van der Waals surface area contributed by atoms with Gasteiger partial charge < -0.3 is 14.2 Å². The van der Waals surface area contributed by atoms with Crippen LogP contribution in [0.3, 0.4) is 0 Å². The second-order valence-corrected chi connectivity index (χ2v) is 11.8. The molecule has 0 aliphatic rings. The molecule has 0 aliphatic carbocycles. The molecule has 6 nitrogen and oxygen atoms in total. The first-order valence-corrected chi connectivity index (χ1v) is 13.5. The quantitative estimate of drug-likeness (QED) is 0.219. The Kier molecular flexibility index (Phi) is 17.0. The predicted octanol–water partition coefficient (Wildman–Crippen LogP) is 5.09. The van der Waals surface area contributed by atoms with E-state index in [0.717, 1.165) is 13.0 Å². The molecule has 0 heterocycles. The van der Waals surface area contributed by atoms with E-state index in [2.05, 4.69) is 69.6 Å². The molecule has 0 aromatic heterocycles. The molecule has 0 aromatic rings. The zero-order valence-corrected chi connectivity index (χ0v) is 22.9. The molecule has 8 heteroatoms. The van der Waals surface area contributed by atoms with Crippen LogP contribution >= 0.6 is 20.2 Å². The van der Waals surface area contributed by atoms with E-state index in [0.29, 0.717) is 56.2 Å². The van der Waals surface area contributed by atoms with Gasteiger partial charge in [-0.3, -0.25) is 4.79 Å². The number of hydrogen-bond acceptors (Lipinski definition) is 7. The summed E-state index contributed by atoms with van der Waals surface area (Å²) in [6.45, 7) is 20.6. The van der Waals surface area contributed by atoms with Crippen molar-refractivity contribution < 1.29 is 14.1 Å². The van der Waals surface area contributed by atoms with Gasteiger partial charge in [-0.25, -0.2) is 9.34 Å². The largest absolute Gasteiger partial charge is 0.378 e. The van der Waals surface area contributed by atoms with Crippen LogP contribution in [-0.4, -0.2) is 89.7 Å². The Bertz CT molecular complexity index is 415. The Balaban J connectivity index is 4.45. The Morgan fingerprint density at radius 3 is 1.77 bits per heavy atom. The van der Waals surface area contributed by atoms with E-state index in [1.807, 2.05) is 14.1 Å². The van der Waals surface area contributed by atoms with E-state index < -0.39 is 8.45 Å². The van der Waals surface area contributed by atoms with Crippen LogP contribution < -0.4 is 0 Å². The highest BCUT2D eigenvalue weighted by Crippen LogP contribution is 2.50. The molecular formula is C22H48N3O3PS. The third-order valence-electron chi connectivity index (χ3n) is 4.42. The second kappa shape index (κ2) is 16.8. The summed E-state index contributed by atoms with van der Waals surface area (Å²) >= 11 is 1.38. The molecule has 0 aromatic carbocycles. The maximum absolute atomic E-state index is 11.9. The fraction of sp³-hybridized carbons (Fsp3) is 0.955. The SMILES string of the molecule is CC(C)N(C(C)C)P(OCCOCCSC(=O)CCCN(C)C)N(C(C)C)C(C)C. The Labute approximate surface area is 192 Å². The van der Waals surface area contributed by atoms with Crippen molar-refractivity contribution in [3.63, 3.8) is 0 Å². The molecule has 0 N–H and O–H groups in total. The molecule has 0 aliphatic heterocycles. The Morgan fingerprint density at radius 2 is 1.33 bits per heavy atom. The lowest BCUT2D eigenvalue weighted by molar-refractivity contribution is -0.111. The third kappa shape index (κ3) is 12.9. The summed E-state index contributed by atoms with van der Waals surface area (Å²) < 4.78 is 17.1. The van der Waals surface area contributed by atoms with Gasteiger partial charge in [-0.05, 0) is 82.5 Å². The van der Waals surface area contributed by atoms with E-state index in [4.69, 9.17) is 9.26 Å². The fourth-order valence-electron chi connectivity index (χ4n) is 3.34. The summed E-state index contributed by atoms with van der Waals surface area (Å²) in [5.41, 5.74) is 0. The summed E-state index contributed by atoms with van der Waals surface area (Å²) in [6, 6.07) is 1.64. The fourth-order valence-corrected chi connectivity index (χ4v) is 6.38. The summed E-state index contributed by atoms with van der Waals surface area (Å²) in [5.74, 6) is 0.712. The van der Waals surface area contributed by atoms with Gasteiger partial charge in [0.05, 0.1) is 19.8 Å². The maximum Gasteiger partial charge on any atom is 0.189 e. The number of carbonyl (C=O) groups excluding carboxylic acids is 1. The van der Waals surface area contributed by atoms with Crippen molar-refractivity contribution in [1.29, 1.82) is 0 Å². The van der Waals surface area contributed by atoms with E-state index in [1.54, 1.807) is 0 Å². The van der Waals surface area contributed by atoms with Crippen LogP contribution in [0.2, 0.25) is 0 Å². The van der Waals surface area contributed by atoms with Gasteiger partial charge in [-0.1, -0.05) is 11.8 Å². The minimum Gasteiger partial charge on any atom is -0.378 e. The van der Waals surface area contributed by atoms with Crippen molar-refractivity contribution in [2.75, 3.05) is 46.2 Å². The predicted molar refractivity (Wildman–Crippen MR) is 133 cm³/mol. The maximum atomic E-state index is 11.9. The molecule has 30 heavy (non-hydrogen) atoms. The van der Waals surface area contributed by atoms with Crippen LogP contribution in [0.5, 0.6) is 0 Å². The molecule has 0 spiro atoms. The summed E-state index contributed by atoms with van der Waals surface area (Å²) in [4.78, 5) is 14.0. The molecule has 0 bridgehead atoms. The number of ether oxygens (including phenoxy) is 1. The van der Waals surface area contributed by atoms with Crippen molar-refractivity contribution in [1.82, 2.24) is 14.2 Å². The van der Waals surface area contributed by atoms with Crippen LogP contribution in [0.4, 0.5) is 0 Å². The molecule has 0 amide bonds. The average Bonchev–Trinajstić information content (AvgIpc) is 2.59. The highest BCUT2D eigenvalue weighted by Gasteiger charge is 2.34. The van der Waals surface area contributed by atoms with Gasteiger partial charge in [0.25, 0.3) is 0 Å². The van der Waals surface area contributed by atoms with Crippen LogP contribution in [0.1, 0.15) is 68.2 Å². The average molecular weight is 466 g/mol. The number of rotatable bonds is 17. The van der Waals surface area contributed by atoms with Crippen LogP contribution in [0.25, 0.3) is 0 Å². The number of carbonyl (C=O) groups is 1. The smallest absolute Gasteiger partial charge is 0.189 e. The monoisotopic (exact) mass is 465 g/mol. The number of nitrogens with zero attached hydrogens (tertiary/aromatic N) is 3. The van der Waals surface area contributed by atoms with E-state index in [1.165, 1.54) is 11.8 Å². The topological polar surface area (TPSA) is 45.3 Å². The van der Waals surface area contributed by atoms with Gasteiger partial charge in [-0.15, -0.1) is 0 Å². The molecule has 0 fully saturated rings. The van der Waals surface area contributed by atoms with Gasteiger partial charge >= 0.3 is 0 Å². The van der Waals surface area contributed by atoms with Crippen molar-refractivity contribution in [2.45, 2.75) is 92.4 Å². The van der Waals surface area contributed by atoms with Crippen LogP contribution in [0, 0.1) is 0 Å². The molecular weight excluding hydrogens is 417 g/mol. The van der Waals surface area contributed by atoms with E-state index in [-0.39, 0.29) is 5.12 Å². The summed E-state index contributed by atoms with van der Waals surface area (Å²) in [7, 11) is 3.19. The normalized spacial score (nSPS) is 12.9. The minimum absolute atomic E-state index is 0.259. The first-order chi connectivity index (χ1) is 14.0. The lowest BCUT2D eigenvalue weighted by Crippen LogP contribution is -2.43. The Morgan fingerprint density at radius 1 is 0.833 bits per heavy atom. The van der Waals surface area contributed by atoms with Crippen molar-refractivity contribution in [2.24, 2.45) is 0 Å². The standard InChI is InChI=1S/C22H48N3O3PS/c1-18(2)24(19(3)4)29(25(20(5)6)21(7)8)28-15-14-27-16-17-30-22(26)12-11-13-23(9)10/h18-21H,11-17H2,1-10H3. The number of hydrogen-bond donors (Lipinski definition) is 0. The van der Waals surface area contributed by atoms with Gasteiger partial charge in [-0.2, -0.15) is 0 Å². The zero-order chi connectivity index (χ0) is 23.3. The van der Waals surface area contributed by atoms with Crippen molar-refractivity contribution in [3.8, 4) is 0 Å². The molecule has 0 saturated carbocycles. The number of thioether (sulfide) groups is 1. The highest BCUT2D eigenvalue weighted by molar-refractivity contribution is 8.13. The lowest BCUT2D eigenvalue weighted by atomic mass is 10.3.